The molecule has 1 aliphatic carbocycles. The summed E-state index contributed by atoms with van der Waals surface area (Å²) >= 11 is 0. The molecule has 29 heavy (non-hydrogen) atoms. The third-order valence-electron chi connectivity index (χ3n) is 7.24. The lowest BCUT2D eigenvalue weighted by molar-refractivity contribution is -0.139. The molecule has 1 amide bonds. The number of aromatic nitrogens is 1. The van der Waals surface area contributed by atoms with Crippen molar-refractivity contribution in [3.05, 3.63) is 23.9 Å². The molecule has 4 rings (SSSR count). The van der Waals surface area contributed by atoms with E-state index < -0.39 is 0 Å². The number of ether oxygens (including phenoxy) is 1. The minimum Gasteiger partial charge on any atom is -0.478 e. The zero-order chi connectivity index (χ0) is 20.1. The molecule has 3 fully saturated rings. The fourth-order valence-corrected chi connectivity index (χ4v) is 5.70. The van der Waals surface area contributed by atoms with Crippen LogP contribution >= 0.6 is 0 Å². The van der Waals surface area contributed by atoms with Gasteiger partial charge in [-0.05, 0) is 70.5 Å². The maximum Gasteiger partial charge on any atom is 0.226 e. The van der Waals surface area contributed by atoms with E-state index in [1.54, 1.807) is 6.20 Å². The minimum atomic E-state index is 0.218. The quantitative estimate of drug-likeness (QED) is 0.717. The van der Waals surface area contributed by atoms with Gasteiger partial charge in [-0.1, -0.05) is 25.3 Å². The molecule has 0 spiro atoms. The molecule has 1 unspecified atom stereocenters. The lowest BCUT2D eigenvalue weighted by Crippen LogP contribution is -2.46. The summed E-state index contributed by atoms with van der Waals surface area (Å²) in [5.41, 5.74) is 1.15. The van der Waals surface area contributed by atoms with Crippen molar-refractivity contribution in [3.63, 3.8) is 0 Å². The summed E-state index contributed by atoms with van der Waals surface area (Å²) in [7, 11) is 0. The highest BCUT2D eigenvalue weighted by Crippen LogP contribution is 2.36. The van der Waals surface area contributed by atoms with Crippen LogP contribution in [0, 0.1) is 11.8 Å². The number of pyridine rings is 1. The van der Waals surface area contributed by atoms with Gasteiger partial charge in [0.2, 0.25) is 11.8 Å². The van der Waals surface area contributed by atoms with Crippen molar-refractivity contribution in [1.82, 2.24) is 14.8 Å². The largest absolute Gasteiger partial charge is 0.478 e. The number of likely N-dealkylation sites (tertiary alicyclic amines) is 2. The first-order chi connectivity index (χ1) is 14.3. The monoisotopic (exact) mass is 399 g/mol. The second-order valence-electron chi connectivity index (χ2n) is 9.09. The molecular weight excluding hydrogens is 362 g/mol. The normalized spacial score (nSPS) is 24.7. The number of nitrogens with zero attached hydrogens (tertiary/aromatic N) is 3. The average molecular weight is 400 g/mol. The third-order valence-corrected chi connectivity index (χ3v) is 7.24. The number of rotatable bonds is 6. The molecule has 1 saturated carbocycles. The highest BCUT2D eigenvalue weighted by Gasteiger charge is 2.38. The molecule has 0 N–H and O–H groups in total. The molecule has 5 heteroatoms. The SMILES string of the molecule is CCOc1ncccc1CN1CCC(C(=O)N2CCCC2C2CCCCC2)CC1. The van der Waals surface area contributed by atoms with Crippen LogP contribution < -0.4 is 4.74 Å². The molecule has 0 radical (unpaired) electrons. The Bertz CT molecular complexity index is 666. The van der Waals surface area contributed by atoms with Gasteiger partial charge in [-0.2, -0.15) is 0 Å². The molecular formula is C24H37N3O2. The van der Waals surface area contributed by atoms with Gasteiger partial charge in [-0.3, -0.25) is 9.69 Å². The van der Waals surface area contributed by atoms with Crippen molar-refractivity contribution in [3.8, 4) is 5.88 Å². The fraction of sp³-hybridized carbons (Fsp3) is 0.750. The molecule has 5 nitrogen and oxygen atoms in total. The van der Waals surface area contributed by atoms with Crippen molar-refractivity contribution in [2.75, 3.05) is 26.2 Å². The van der Waals surface area contributed by atoms with Crippen LogP contribution in [0.5, 0.6) is 5.88 Å². The first kappa shape index (κ1) is 20.6. The summed E-state index contributed by atoms with van der Waals surface area (Å²) in [5, 5.41) is 0. The van der Waals surface area contributed by atoms with Gasteiger partial charge in [0.25, 0.3) is 0 Å². The van der Waals surface area contributed by atoms with E-state index in [2.05, 4.69) is 20.9 Å². The van der Waals surface area contributed by atoms with Gasteiger partial charge >= 0.3 is 0 Å². The number of hydrogen-bond donors (Lipinski definition) is 0. The van der Waals surface area contributed by atoms with Crippen LogP contribution in [-0.4, -0.2) is 53.0 Å². The summed E-state index contributed by atoms with van der Waals surface area (Å²) < 4.78 is 5.68. The highest BCUT2D eigenvalue weighted by atomic mass is 16.5. The van der Waals surface area contributed by atoms with Crippen molar-refractivity contribution < 1.29 is 9.53 Å². The summed E-state index contributed by atoms with van der Waals surface area (Å²) in [6, 6.07) is 4.62. The number of carbonyl (C=O) groups excluding carboxylic acids is 1. The molecule has 1 aromatic rings. The second kappa shape index (κ2) is 9.92. The van der Waals surface area contributed by atoms with E-state index in [9.17, 15) is 4.79 Å². The predicted molar refractivity (Wildman–Crippen MR) is 115 cm³/mol. The van der Waals surface area contributed by atoms with Crippen LogP contribution in [0.25, 0.3) is 0 Å². The maximum absolute atomic E-state index is 13.3. The fourth-order valence-electron chi connectivity index (χ4n) is 5.70. The third kappa shape index (κ3) is 4.93. The van der Waals surface area contributed by atoms with Gasteiger partial charge in [0.05, 0.1) is 6.61 Å². The topological polar surface area (TPSA) is 45.7 Å². The van der Waals surface area contributed by atoms with E-state index in [4.69, 9.17) is 4.74 Å². The van der Waals surface area contributed by atoms with Crippen molar-refractivity contribution in [2.45, 2.75) is 77.3 Å². The maximum atomic E-state index is 13.3. The summed E-state index contributed by atoms with van der Waals surface area (Å²) in [5.74, 6) is 2.18. The van der Waals surface area contributed by atoms with Gasteiger partial charge in [-0.15, -0.1) is 0 Å². The molecule has 3 aliphatic rings. The lowest BCUT2D eigenvalue weighted by Gasteiger charge is -2.38. The zero-order valence-electron chi connectivity index (χ0n) is 18.0. The summed E-state index contributed by atoms with van der Waals surface area (Å²) in [6.07, 6.45) is 13.0. The van der Waals surface area contributed by atoms with Crippen molar-refractivity contribution in [1.29, 1.82) is 0 Å². The number of hydrogen-bond acceptors (Lipinski definition) is 4. The second-order valence-corrected chi connectivity index (χ2v) is 9.09. The predicted octanol–water partition coefficient (Wildman–Crippen LogP) is 4.26. The van der Waals surface area contributed by atoms with E-state index in [1.807, 2.05) is 13.0 Å². The number of carbonyl (C=O) groups is 1. The first-order valence-corrected chi connectivity index (χ1v) is 11.9. The van der Waals surface area contributed by atoms with Gasteiger partial charge in [0, 0.05) is 36.8 Å². The minimum absolute atomic E-state index is 0.218. The number of amides is 1. The van der Waals surface area contributed by atoms with E-state index in [-0.39, 0.29) is 5.92 Å². The van der Waals surface area contributed by atoms with Crippen LogP contribution in [0.3, 0.4) is 0 Å². The van der Waals surface area contributed by atoms with Crippen LogP contribution in [0.1, 0.15) is 70.3 Å². The Morgan fingerprint density at radius 3 is 2.62 bits per heavy atom. The summed E-state index contributed by atoms with van der Waals surface area (Å²) in [4.78, 5) is 22.5. The highest BCUT2D eigenvalue weighted by molar-refractivity contribution is 5.79. The van der Waals surface area contributed by atoms with E-state index in [0.29, 0.717) is 18.6 Å². The van der Waals surface area contributed by atoms with Crippen LogP contribution in [0.15, 0.2) is 18.3 Å². The van der Waals surface area contributed by atoms with Gasteiger partial charge in [0.15, 0.2) is 0 Å². The molecule has 0 bridgehead atoms. The Kier molecular flexibility index (Phi) is 7.06. The van der Waals surface area contributed by atoms with Crippen LogP contribution in [-0.2, 0) is 11.3 Å². The number of piperidine rings is 1. The molecule has 3 heterocycles. The Balaban J connectivity index is 1.30. The van der Waals surface area contributed by atoms with Gasteiger partial charge < -0.3 is 9.64 Å². The summed E-state index contributed by atoms with van der Waals surface area (Å²) in [6.45, 7) is 6.46. The molecule has 160 valence electrons. The first-order valence-electron chi connectivity index (χ1n) is 11.9. The van der Waals surface area contributed by atoms with Crippen LogP contribution in [0.4, 0.5) is 0 Å². The zero-order valence-corrected chi connectivity index (χ0v) is 18.0. The Morgan fingerprint density at radius 1 is 1.07 bits per heavy atom. The van der Waals surface area contributed by atoms with E-state index >= 15 is 0 Å². The molecule has 0 aromatic carbocycles. The van der Waals surface area contributed by atoms with Crippen molar-refractivity contribution >= 4 is 5.91 Å². The van der Waals surface area contributed by atoms with Gasteiger partial charge in [-0.25, -0.2) is 4.98 Å². The smallest absolute Gasteiger partial charge is 0.226 e. The van der Waals surface area contributed by atoms with E-state index in [0.717, 1.165) is 56.4 Å². The van der Waals surface area contributed by atoms with Crippen LogP contribution in [0.2, 0.25) is 0 Å². The Hall–Kier alpha value is -1.62. The average Bonchev–Trinajstić information content (AvgIpc) is 3.26. The standard InChI is InChI=1S/C24H37N3O2/c1-2-29-23-21(10-6-14-25-23)18-26-16-12-20(13-17-26)24(28)27-15-7-11-22(27)19-8-4-3-5-9-19/h6,10,14,19-20,22H,2-5,7-9,11-13,15-18H2,1H3. The van der Waals surface area contributed by atoms with Gasteiger partial charge in [0.1, 0.15) is 0 Å². The Labute approximate surface area is 175 Å². The van der Waals surface area contributed by atoms with E-state index in [1.165, 1.54) is 44.9 Å². The molecule has 1 aromatic heterocycles. The Morgan fingerprint density at radius 2 is 1.86 bits per heavy atom. The molecule has 1 atom stereocenters. The van der Waals surface area contributed by atoms with Crippen molar-refractivity contribution in [2.24, 2.45) is 11.8 Å². The lowest BCUT2D eigenvalue weighted by atomic mass is 9.82. The molecule has 2 aliphatic heterocycles. The molecule has 2 saturated heterocycles.